The highest BCUT2D eigenvalue weighted by Crippen LogP contribution is 2.31. The number of pyridine rings is 1. The molecular formula is C6H2ClF3N2O2. The van der Waals surface area contributed by atoms with Crippen LogP contribution in [-0.2, 0) is 0 Å². The van der Waals surface area contributed by atoms with E-state index in [0.717, 1.165) is 0 Å². The number of nitrogens with zero attached hydrogens (tertiary/aromatic N) is 2. The molecule has 0 saturated carbocycles. The zero-order chi connectivity index (χ0) is 10.9. The highest BCUT2D eigenvalue weighted by Gasteiger charge is 2.25. The Morgan fingerprint density at radius 3 is 2.57 bits per heavy atom. The number of hydrogen-bond donors (Lipinski definition) is 0. The highest BCUT2D eigenvalue weighted by atomic mass is 35.5. The summed E-state index contributed by atoms with van der Waals surface area (Å²) in [5.74, 6) is -1.56. The van der Waals surface area contributed by atoms with Gasteiger partial charge in [-0.2, -0.15) is 0 Å². The van der Waals surface area contributed by atoms with E-state index in [2.05, 4.69) is 4.98 Å². The lowest BCUT2D eigenvalue weighted by Crippen LogP contribution is -2.00. The third kappa shape index (κ3) is 1.77. The van der Waals surface area contributed by atoms with Crippen molar-refractivity contribution in [3.05, 3.63) is 32.8 Å². The molecule has 0 atom stereocenters. The molecule has 0 radical (unpaired) electrons. The molecule has 1 heterocycles. The molecule has 0 aromatic carbocycles. The Balaban J connectivity index is 3.33. The zero-order valence-corrected chi connectivity index (χ0v) is 7.13. The summed E-state index contributed by atoms with van der Waals surface area (Å²) < 4.78 is 36.9. The molecule has 1 aromatic heterocycles. The van der Waals surface area contributed by atoms with Crippen LogP contribution >= 0.6 is 11.6 Å². The van der Waals surface area contributed by atoms with Crippen molar-refractivity contribution >= 4 is 17.3 Å². The van der Waals surface area contributed by atoms with Crippen LogP contribution in [0.15, 0.2) is 6.20 Å². The predicted octanol–water partition coefficient (Wildman–Crippen LogP) is 2.72. The lowest BCUT2D eigenvalue weighted by molar-refractivity contribution is -0.385. The van der Waals surface area contributed by atoms with Crippen molar-refractivity contribution in [2.75, 3.05) is 0 Å². The largest absolute Gasteiger partial charge is 0.309 e. The van der Waals surface area contributed by atoms with E-state index in [0.29, 0.717) is 6.20 Å². The molecule has 0 aliphatic carbocycles. The van der Waals surface area contributed by atoms with Crippen LogP contribution in [0.25, 0.3) is 0 Å². The van der Waals surface area contributed by atoms with Gasteiger partial charge >= 0.3 is 5.69 Å². The van der Waals surface area contributed by atoms with Crippen LogP contribution in [-0.4, -0.2) is 9.91 Å². The van der Waals surface area contributed by atoms with E-state index < -0.39 is 33.6 Å². The van der Waals surface area contributed by atoms with Gasteiger partial charge in [-0.25, -0.2) is 18.2 Å². The second-order valence-electron chi connectivity index (χ2n) is 2.21. The maximum Gasteiger partial charge on any atom is 0.309 e. The van der Waals surface area contributed by atoms with Crippen LogP contribution in [0.2, 0.25) is 5.02 Å². The molecule has 8 heteroatoms. The molecule has 0 unspecified atom stereocenters. The van der Waals surface area contributed by atoms with E-state index in [4.69, 9.17) is 11.6 Å². The first-order chi connectivity index (χ1) is 6.45. The van der Waals surface area contributed by atoms with Crippen molar-refractivity contribution in [2.45, 2.75) is 6.43 Å². The fourth-order valence-electron chi connectivity index (χ4n) is 0.748. The van der Waals surface area contributed by atoms with Crippen LogP contribution in [0.5, 0.6) is 0 Å². The smallest absolute Gasteiger partial charge is 0.258 e. The summed E-state index contributed by atoms with van der Waals surface area (Å²) in [5.41, 5.74) is -2.03. The van der Waals surface area contributed by atoms with E-state index in [1.54, 1.807) is 0 Å². The van der Waals surface area contributed by atoms with Gasteiger partial charge in [0.15, 0.2) is 10.8 Å². The molecule has 0 saturated heterocycles. The summed E-state index contributed by atoms with van der Waals surface area (Å²) >= 11 is 5.15. The quantitative estimate of drug-likeness (QED) is 0.575. The van der Waals surface area contributed by atoms with E-state index in [-0.39, 0.29) is 0 Å². The van der Waals surface area contributed by atoms with Crippen LogP contribution in [0.4, 0.5) is 18.9 Å². The number of nitro groups is 1. The van der Waals surface area contributed by atoms with Gasteiger partial charge < -0.3 is 0 Å². The average molecular weight is 227 g/mol. The molecule has 1 aromatic rings. The predicted molar refractivity (Wildman–Crippen MR) is 40.8 cm³/mol. The van der Waals surface area contributed by atoms with Gasteiger partial charge in [-0.1, -0.05) is 11.6 Å². The number of rotatable bonds is 2. The van der Waals surface area contributed by atoms with Gasteiger partial charge in [0.1, 0.15) is 11.9 Å². The number of hydrogen-bond acceptors (Lipinski definition) is 3. The highest BCUT2D eigenvalue weighted by molar-refractivity contribution is 6.32. The fraction of sp³-hybridized carbons (Fsp3) is 0.167. The Labute approximate surface area is 80.5 Å². The minimum Gasteiger partial charge on any atom is -0.258 e. The lowest BCUT2D eigenvalue weighted by Gasteiger charge is -2.01. The van der Waals surface area contributed by atoms with Crippen molar-refractivity contribution < 1.29 is 18.1 Å². The van der Waals surface area contributed by atoms with Crippen molar-refractivity contribution in [1.82, 2.24) is 4.98 Å². The maximum atomic E-state index is 12.9. The van der Waals surface area contributed by atoms with E-state index in [1.165, 1.54) is 0 Å². The first kappa shape index (κ1) is 10.7. The Morgan fingerprint density at radius 1 is 1.57 bits per heavy atom. The summed E-state index contributed by atoms with van der Waals surface area (Å²) in [6.45, 7) is 0. The van der Waals surface area contributed by atoms with Crippen LogP contribution in [0.1, 0.15) is 12.1 Å². The molecule has 76 valence electrons. The fourth-order valence-corrected chi connectivity index (χ4v) is 0.963. The topological polar surface area (TPSA) is 56.0 Å². The van der Waals surface area contributed by atoms with Crippen LogP contribution in [0.3, 0.4) is 0 Å². The minimum absolute atomic E-state index is 0.493. The van der Waals surface area contributed by atoms with E-state index in [1.807, 2.05) is 0 Å². The van der Waals surface area contributed by atoms with E-state index in [9.17, 15) is 23.3 Å². The zero-order valence-electron chi connectivity index (χ0n) is 6.38. The molecule has 0 spiro atoms. The van der Waals surface area contributed by atoms with Gasteiger partial charge in [0.05, 0.1) is 4.92 Å². The van der Waals surface area contributed by atoms with Gasteiger partial charge in [-0.15, -0.1) is 0 Å². The number of aromatic nitrogens is 1. The molecule has 0 bridgehead atoms. The third-order valence-corrected chi connectivity index (χ3v) is 1.73. The number of halogens is 4. The van der Waals surface area contributed by atoms with Crippen molar-refractivity contribution in [3.8, 4) is 0 Å². The Hall–Kier alpha value is -1.37. The molecule has 0 amide bonds. The summed E-state index contributed by atoms with van der Waals surface area (Å²) in [4.78, 5) is 12.1. The van der Waals surface area contributed by atoms with Gasteiger partial charge in [0.25, 0.3) is 6.43 Å². The second-order valence-corrected chi connectivity index (χ2v) is 2.59. The lowest BCUT2D eigenvalue weighted by atomic mass is 10.3. The van der Waals surface area contributed by atoms with Gasteiger partial charge in [0.2, 0.25) is 0 Å². The third-order valence-electron chi connectivity index (χ3n) is 1.37. The molecule has 0 aliphatic rings. The first-order valence-corrected chi connectivity index (χ1v) is 3.59. The summed E-state index contributed by atoms with van der Waals surface area (Å²) in [6.07, 6.45) is -2.67. The minimum atomic E-state index is -3.16. The second kappa shape index (κ2) is 3.79. The monoisotopic (exact) mass is 226 g/mol. The SMILES string of the molecule is O=[N+]([O-])c1cnc(C(F)F)c(F)c1Cl. The number of alkyl halides is 2. The van der Waals surface area contributed by atoms with Gasteiger partial charge in [-0.05, 0) is 0 Å². The average Bonchev–Trinajstić information content (AvgIpc) is 2.08. The standard InChI is InChI=1S/C6H2ClF3N2O2/c7-3-2(12(13)14)1-11-5(4(3)8)6(9)10/h1,6H. The summed E-state index contributed by atoms with van der Waals surface area (Å²) in [5, 5.41) is 9.22. The molecule has 14 heavy (non-hydrogen) atoms. The van der Waals surface area contributed by atoms with E-state index >= 15 is 0 Å². The molecule has 0 fully saturated rings. The Kier molecular flexibility index (Phi) is 2.90. The Bertz CT molecular complexity index is 386. The van der Waals surface area contributed by atoms with Gasteiger partial charge in [-0.3, -0.25) is 10.1 Å². The van der Waals surface area contributed by atoms with Crippen molar-refractivity contribution in [3.63, 3.8) is 0 Å². The van der Waals surface area contributed by atoms with Crippen molar-refractivity contribution in [1.29, 1.82) is 0 Å². The maximum absolute atomic E-state index is 12.9. The van der Waals surface area contributed by atoms with Gasteiger partial charge in [0, 0.05) is 0 Å². The Morgan fingerprint density at radius 2 is 2.14 bits per heavy atom. The van der Waals surface area contributed by atoms with Crippen molar-refractivity contribution in [2.24, 2.45) is 0 Å². The van der Waals surface area contributed by atoms with Crippen LogP contribution < -0.4 is 0 Å². The summed E-state index contributed by atoms with van der Waals surface area (Å²) in [6, 6.07) is 0. The normalized spacial score (nSPS) is 10.6. The van der Waals surface area contributed by atoms with Crippen LogP contribution in [0, 0.1) is 15.9 Å². The molecule has 0 aliphatic heterocycles. The molecule has 4 nitrogen and oxygen atoms in total. The first-order valence-electron chi connectivity index (χ1n) is 3.21. The molecular weight excluding hydrogens is 225 g/mol. The molecule has 0 N–H and O–H groups in total. The molecule has 1 rings (SSSR count). The summed E-state index contributed by atoms with van der Waals surface area (Å²) in [7, 11) is 0.